The molecule has 0 spiro atoms. The number of ketones is 1. The van der Waals surface area contributed by atoms with Gasteiger partial charge >= 0.3 is 0 Å². The van der Waals surface area contributed by atoms with Gasteiger partial charge in [0.25, 0.3) is 0 Å². The number of carbonyl (C=O) groups is 1. The van der Waals surface area contributed by atoms with Crippen LogP contribution in [0, 0.1) is 11.3 Å². The smallest absolute Gasteiger partial charge is 0.164 e. The second kappa shape index (κ2) is 6.31. The molecule has 1 unspecified atom stereocenters. The maximum Gasteiger partial charge on any atom is 0.164 e. The third kappa shape index (κ3) is 3.52. The van der Waals surface area contributed by atoms with Crippen LogP contribution < -0.4 is 0 Å². The van der Waals surface area contributed by atoms with Crippen molar-refractivity contribution in [2.24, 2.45) is 0 Å². The fourth-order valence-electron chi connectivity index (χ4n) is 1.86. The molecule has 0 aromatic heterocycles. The molecule has 0 saturated heterocycles. The van der Waals surface area contributed by atoms with Crippen LogP contribution in [0.2, 0.25) is 0 Å². The molecule has 0 amide bonds. The third-order valence-electron chi connectivity index (χ3n) is 2.91. The summed E-state index contributed by atoms with van der Waals surface area (Å²) in [4.78, 5) is 12.1. The second-order valence-corrected chi connectivity index (χ2v) is 5.14. The Balaban J connectivity index is 2.14. The number of halogens is 1. The molecule has 0 aliphatic carbocycles. The zero-order chi connectivity index (χ0) is 13.7. The predicted octanol–water partition coefficient (Wildman–Crippen LogP) is 4.33. The van der Waals surface area contributed by atoms with Gasteiger partial charge in [-0.2, -0.15) is 5.26 Å². The van der Waals surface area contributed by atoms with Gasteiger partial charge in [0.15, 0.2) is 5.78 Å². The maximum atomic E-state index is 12.1. The summed E-state index contributed by atoms with van der Waals surface area (Å²) < 4.78 is 0.960. The number of Topliss-reactive ketones (excluding diaryl/α,β-unsaturated/α-hetero) is 1. The van der Waals surface area contributed by atoms with Gasteiger partial charge in [-0.15, -0.1) is 0 Å². The molecule has 0 aliphatic rings. The normalized spacial score (nSPS) is 11.6. The molecule has 2 aromatic carbocycles. The van der Waals surface area contributed by atoms with E-state index in [2.05, 4.69) is 22.0 Å². The van der Waals surface area contributed by atoms with Crippen LogP contribution in [-0.2, 0) is 0 Å². The summed E-state index contributed by atoms with van der Waals surface area (Å²) in [6.45, 7) is 0. The fraction of sp³-hybridized carbons (Fsp3) is 0.125. The molecule has 0 N–H and O–H groups in total. The predicted molar refractivity (Wildman–Crippen MR) is 77.9 cm³/mol. The summed E-state index contributed by atoms with van der Waals surface area (Å²) in [5, 5.41) is 9.23. The van der Waals surface area contributed by atoms with Gasteiger partial charge < -0.3 is 0 Å². The van der Waals surface area contributed by atoms with Crippen LogP contribution in [0.3, 0.4) is 0 Å². The van der Waals surface area contributed by atoms with Crippen LogP contribution >= 0.6 is 15.9 Å². The van der Waals surface area contributed by atoms with Crippen molar-refractivity contribution in [2.75, 3.05) is 0 Å². The zero-order valence-electron chi connectivity index (χ0n) is 10.2. The highest BCUT2D eigenvalue weighted by atomic mass is 79.9. The van der Waals surface area contributed by atoms with Crippen molar-refractivity contribution < 1.29 is 4.79 Å². The minimum absolute atomic E-state index is 0.00457. The first-order chi connectivity index (χ1) is 9.20. The van der Waals surface area contributed by atoms with Gasteiger partial charge in [-0.05, 0) is 17.7 Å². The van der Waals surface area contributed by atoms with Crippen molar-refractivity contribution in [1.82, 2.24) is 0 Å². The minimum atomic E-state index is -0.402. The van der Waals surface area contributed by atoms with Crippen molar-refractivity contribution in [2.45, 2.75) is 12.3 Å². The first-order valence-corrected chi connectivity index (χ1v) is 6.73. The van der Waals surface area contributed by atoms with Crippen LogP contribution in [0.15, 0.2) is 59.1 Å². The Bertz CT molecular complexity index is 599. The lowest BCUT2D eigenvalue weighted by Gasteiger charge is -2.08. The molecule has 0 bridgehead atoms. The molecule has 2 rings (SSSR count). The van der Waals surface area contributed by atoms with Crippen LogP contribution in [-0.4, -0.2) is 5.78 Å². The summed E-state index contributed by atoms with van der Waals surface area (Å²) in [5.41, 5.74) is 1.52. The standard InChI is InChI=1S/C16H12BrNO/c17-15-8-6-12(7-9-15)14(11-18)10-16(19)13-4-2-1-3-5-13/h1-9,14H,10H2. The van der Waals surface area contributed by atoms with Gasteiger partial charge in [0.05, 0.1) is 12.0 Å². The summed E-state index contributed by atoms with van der Waals surface area (Å²) >= 11 is 3.35. The Morgan fingerprint density at radius 3 is 2.32 bits per heavy atom. The Hall–Kier alpha value is -1.92. The van der Waals surface area contributed by atoms with Crippen molar-refractivity contribution in [1.29, 1.82) is 5.26 Å². The van der Waals surface area contributed by atoms with Crippen LogP contribution in [0.25, 0.3) is 0 Å². The number of carbonyl (C=O) groups excluding carboxylic acids is 1. The molecule has 2 aromatic rings. The topological polar surface area (TPSA) is 40.9 Å². The van der Waals surface area contributed by atoms with E-state index in [0.717, 1.165) is 10.0 Å². The van der Waals surface area contributed by atoms with Crippen LogP contribution in [0.5, 0.6) is 0 Å². The molecule has 0 heterocycles. The number of benzene rings is 2. The lowest BCUT2D eigenvalue weighted by Crippen LogP contribution is -2.06. The number of rotatable bonds is 4. The minimum Gasteiger partial charge on any atom is -0.294 e. The van der Waals surface area contributed by atoms with E-state index >= 15 is 0 Å². The van der Waals surface area contributed by atoms with Crippen LogP contribution in [0.4, 0.5) is 0 Å². The first kappa shape index (κ1) is 13.5. The van der Waals surface area contributed by atoms with Crippen molar-refractivity contribution >= 4 is 21.7 Å². The summed E-state index contributed by atoms with van der Waals surface area (Å²) in [6.07, 6.45) is 0.210. The Kier molecular flexibility index (Phi) is 4.48. The number of nitrogens with zero attached hydrogens (tertiary/aromatic N) is 1. The lowest BCUT2D eigenvalue weighted by molar-refractivity contribution is 0.0979. The van der Waals surface area contributed by atoms with E-state index in [1.54, 1.807) is 12.1 Å². The molecule has 3 heteroatoms. The monoisotopic (exact) mass is 313 g/mol. The molecule has 19 heavy (non-hydrogen) atoms. The number of nitriles is 1. The van der Waals surface area contributed by atoms with Gasteiger partial charge in [0.1, 0.15) is 0 Å². The maximum absolute atomic E-state index is 12.1. The second-order valence-electron chi connectivity index (χ2n) is 4.23. The molecule has 94 valence electrons. The number of hydrogen-bond donors (Lipinski definition) is 0. The molecule has 0 radical (unpaired) electrons. The van der Waals surface area contributed by atoms with Crippen molar-refractivity contribution in [3.05, 3.63) is 70.2 Å². The average Bonchev–Trinajstić information content (AvgIpc) is 2.46. The third-order valence-corrected chi connectivity index (χ3v) is 3.44. The van der Waals surface area contributed by atoms with Gasteiger partial charge in [0.2, 0.25) is 0 Å². The largest absolute Gasteiger partial charge is 0.294 e. The highest BCUT2D eigenvalue weighted by molar-refractivity contribution is 9.10. The zero-order valence-corrected chi connectivity index (χ0v) is 11.8. The Morgan fingerprint density at radius 1 is 1.11 bits per heavy atom. The fourth-order valence-corrected chi connectivity index (χ4v) is 2.12. The molecular weight excluding hydrogens is 302 g/mol. The summed E-state index contributed by atoms with van der Waals surface area (Å²) in [5.74, 6) is -0.407. The molecule has 0 fully saturated rings. The molecule has 1 atom stereocenters. The van der Waals surface area contributed by atoms with E-state index in [1.807, 2.05) is 42.5 Å². The van der Waals surface area contributed by atoms with E-state index in [4.69, 9.17) is 0 Å². The SMILES string of the molecule is N#CC(CC(=O)c1ccccc1)c1ccc(Br)cc1. The lowest BCUT2D eigenvalue weighted by atomic mass is 9.93. The highest BCUT2D eigenvalue weighted by Gasteiger charge is 2.16. The van der Waals surface area contributed by atoms with Gasteiger partial charge in [-0.3, -0.25) is 4.79 Å². The molecule has 2 nitrogen and oxygen atoms in total. The Morgan fingerprint density at radius 2 is 1.74 bits per heavy atom. The quantitative estimate of drug-likeness (QED) is 0.788. The van der Waals surface area contributed by atoms with Gasteiger partial charge in [-0.25, -0.2) is 0 Å². The van der Waals surface area contributed by atoms with Crippen LogP contribution in [0.1, 0.15) is 28.3 Å². The van der Waals surface area contributed by atoms with E-state index < -0.39 is 5.92 Å². The van der Waals surface area contributed by atoms with Gasteiger partial charge in [-0.1, -0.05) is 58.4 Å². The number of hydrogen-bond acceptors (Lipinski definition) is 2. The Labute approximate surface area is 120 Å². The summed E-state index contributed by atoms with van der Waals surface area (Å²) in [7, 11) is 0. The van der Waals surface area contributed by atoms with E-state index in [1.165, 1.54) is 0 Å². The molecule has 0 aliphatic heterocycles. The van der Waals surface area contributed by atoms with E-state index in [0.29, 0.717) is 5.56 Å². The van der Waals surface area contributed by atoms with E-state index in [-0.39, 0.29) is 12.2 Å². The van der Waals surface area contributed by atoms with Crippen molar-refractivity contribution in [3.63, 3.8) is 0 Å². The average molecular weight is 314 g/mol. The molecular formula is C16H12BrNO. The highest BCUT2D eigenvalue weighted by Crippen LogP contribution is 2.23. The van der Waals surface area contributed by atoms with Gasteiger partial charge in [0, 0.05) is 16.5 Å². The summed E-state index contributed by atoms with van der Waals surface area (Å²) in [6, 6.07) is 18.8. The van der Waals surface area contributed by atoms with E-state index in [9.17, 15) is 10.1 Å². The molecule has 0 saturated carbocycles. The van der Waals surface area contributed by atoms with Crippen molar-refractivity contribution in [3.8, 4) is 6.07 Å². The first-order valence-electron chi connectivity index (χ1n) is 5.94.